The number of carbonyl (C=O) groups excluding carboxylic acids is 2. The van der Waals surface area contributed by atoms with Gasteiger partial charge in [0.25, 0.3) is 0 Å². The number of rotatable bonds is 13. The highest BCUT2D eigenvalue weighted by atomic mass is 16.5. The van der Waals surface area contributed by atoms with E-state index >= 15 is 0 Å². The molecule has 2 amide bonds. The maximum atomic E-state index is 13.5. The third-order valence-corrected chi connectivity index (χ3v) is 7.00. The molecule has 0 radical (unpaired) electrons. The summed E-state index contributed by atoms with van der Waals surface area (Å²) in [6.07, 6.45) is 0.548. The first kappa shape index (κ1) is 29.9. The lowest BCUT2D eigenvalue weighted by Crippen LogP contribution is -2.52. The van der Waals surface area contributed by atoms with Crippen LogP contribution in [0.2, 0.25) is 0 Å². The summed E-state index contributed by atoms with van der Waals surface area (Å²) in [5.74, 6) is -0.0170. The highest BCUT2D eigenvalue weighted by Gasteiger charge is 2.25. The molecule has 8 nitrogen and oxygen atoms in total. The molecule has 3 N–H and O–H groups in total. The molecule has 218 valence electrons. The molecular formula is C33H42N4O4. The van der Waals surface area contributed by atoms with E-state index in [-0.39, 0.29) is 24.5 Å². The number of alkyl carbamates (subject to hydrolysis) is 1. The van der Waals surface area contributed by atoms with Crippen LogP contribution >= 0.6 is 0 Å². The molecule has 1 heterocycles. The normalized spacial score (nSPS) is 14.7. The molecule has 2 atom stereocenters. The van der Waals surface area contributed by atoms with Crippen LogP contribution in [0.15, 0.2) is 84.9 Å². The highest BCUT2D eigenvalue weighted by Crippen LogP contribution is 2.19. The quantitative estimate of drug-likeness (QED) is 0.273. The first-order valence-electron chi connectivity index (χ1n) is 14.4. The van der Waals surface area contributed by atoms with Gasteiger partial charge < -0.3 is 30.3 Å². The smallest absolute Gasteiger partial charge is 0.408 e. The van der Waals surface area contributed by atoms with E-state index in [4.69, 9.17) is 9.47 Å². The summed E-state index contributed by atoms with van der Waals surface area (Å²) in [6.45, 7) is 8.02. The maximum Gasteiger partial charge on any atom is 0.408 e. The van der Waals surface area contributed by atoms with Crippen LogP contribution in [0.4, 0.5) is 16.2 Å². The molecule has 8 heteroatoms. The Bertz CT molecular complexity index is 1200. The minimum Gasteiger partial charge on any atom is -0.445 e. The van der Waals surface area contributed by atoms with Crippen molar-refractivity contribution < 1.29 is 19.1 Å². The Morgan fingerprint density at radius 2 is 1.49 bits per heavy atom. The fourth-order valence-corrected chi connectivity index (χ4v) is 4.84. The molecule has 0 saturated carbocycles. The van der Waals surface area contributed by atoms with Crippen LogP contribution < -0.4 is 20.9 Å². The average molecular weight is 559 g/mol. The summed E-state index contributed by atoms with van der Waals surface area (Å²) in [7, 11) is 0. The van der Waals surface area contributed by atoms with Crippen LogP contribution in [0, 0.1) is 5.92 Å². The van der Waals surface area contributed by atoms with Crippen LogP contribution in [0.1, 0.15) is 31.4 Å². The zero-order valence-electron chi connectivity index (χ0n) is 24.1. The van der Waals surface area contributed by atoms with Gasteiger partial charge in [0.15, 0.2) is 0 Å². The minimum atomic E-state index is -0.704. The second-order valence-electron chi connectivity index (χ2n) is 10.8. The third-order valence-electron chi connectivity index (χ3n) is 7.00. The molecule has 0 aromatic heterocycles. The molecule has 1 aliphatic rings. The van der Waals surface area contributed by atoms with Crippen LogP contribution in [-0.4, -0.2) is 56.9 Å². The number of nitrogens with one attached hydrogen (secondary N) is 3. The molecule has 0 bridgehead atoms. The number of hydrogen-bond donors (Lipinski definition) is 3. The van der Waals surface area contributed by atoms with Crippen molar-refractivity contribution in [2.45, 2.75) is 45.4 Å². The number of ether oxygens (including phenoxy) is 2. The summed E-state index contributed by atoms with van der Waals surface area (Å²) >= 11 is 0. The molecule has 3 aromatic carbocycles. The Hall–Kier alpha value is -4.04. The Morgan fingerprint density at radius 3 is 2.12 bits per heavy atom. The van der Waals surface area contributed by atoms with E-state index in [1.165, 1.54) is 5.69 Å². The molecule has 1 saturated heterocycles. The number of nitrogens with zero attached hydrogens (tertiary/aromatic N) is 1. The van der Waals surface area contributed by atoms with Crippen molar-refractivity contribution in [1.29, 1.82) is 0 Å². The fourth-order valence-electron chi connectivity index (χ4n) is 4.84. The van der Waals surface area contributed by atoms with Gasteiger partial charge in [-0.05, 0) is 54.2 Å². The van der Waals surface area contributed by atoms with Crippen molar-refractivity contribution in [2.24, 2.45) is 5.92 Å². The van der Waals surface area contributed by atoms with Crippen molar-refractivity contribution in [3.05, 3.63) is 96.1 Å². The fraction of sp³-hybridized carbons (Fsp3) is 0.394. The highest BCUT2D eigenvalue weighted by molar-refractivity contribution is 5.86. The van der Waals surface area contributed by atoms with Crippen molar-refractivity contribution in [2.75, 3.05) is 43.1 Å². The molecule has 0 spiro atoms. The van der Waals surface area contributed by atoms with Gasteiger partial charge in [0.2, 0.25) is 5.91 Å². The Kier molecular flexibility index (Phi) is 11.4. The van der Waals surface area contributed by atoms with E-state index in [9.17, 15) is 9.59 Å². The number of benzene rings is 3. The van der Waals surface area contributed by atoms with Gasteiger partial charge in [-0.2, -0.15) is 0 Å². The number of hydrogen-bond acceptors (Lipinski definition) is 6. The molecule has 3 aromatic rings. The van der Waals surface area contributed by atoms with E-state index in [0.717, 1.165) is 43.1 Å². The topological polar surface area (TPSA) is 91.9 Å². The molecule has 0 unspecified atom stereocenters. The van der Waals surface area contributed by atoms with E-state index in [0.29, 0.717) is 19.4 Å². The van der Waals surface area contributed by atoms with Gasteiger partial charge in [-0.15, -0.1) is 0 Å². The molecular weight excluding hydrogens is 516 g/mol. The van der Waals surface area contributed by atoms with E-state index < -0.39 is 12.1 Å². The lowest BCUT2D eigenvalue weighted by molar-refractivity contribution is -0.124. The Balaban J connectivity index is 1.38. The van der Waals surface area contributed by atoms with Crippen molar-refractivity contribution >= 4 is 23.4 Å². The molecule has 0 aliphatic carbocycles. The number of amides is 2. The van der Waals surface area contributed by atoms with Crippen molar-refractivity contribution in [3.63, 3.8) is 0 Å². The van der Waals surface area contributed by atoms with E-state index in [1.807, 2.05) is 62.4 Å². The van der Waals surface area contributed by atoms with Crippen LogP contribution in [0.3, 0.4) is 0 Å². The first-order valence-corrected chi connectivity index (χ1v) is 14.4. The second kappa shape index (κ2) is 15.7. The summed E-state index contributed by atoms with van der Waals surface area (Å²) in [5, 5.41) is 9.47. The van der Waals surface area contributed by atoms with Gasteiger partial charge in [-0.1, -0.05) is 74.5 Å². The van der Waals surface area contributed by atoms with E-state index in [2.05, 4.69) is 57.2 Å². The van der Waals surface area contributed by atoms with Gasteiger partial charge in [-0.3, -0.25) is 4.79 Å². The standard InChI is InChI=1S/C33H42N4O4/c1-25(2)21-31(36-33(39)41-24-27-11-7-4-8-12-27)32(38)35-29(22-26-9-5-3-6-10-26)23-34-28-13-15-30(16-14-28)37-17-19-40-20-18-37/h3-16,25,29,31,34H,17-24H2,1-2H3,(H,35,38)(H,36,39)/t29-,31-/m0/s1. The number of morpholine rings is 1. The zero-order chi connectivity index (χ0) is 28.9. The zero-order valence-corrected chi connectivity index (χ0v) is 24.1. The monoisotopic (exact) mass is 558 g/mol. The molecule has 1 fully saturated rings. The van der Waals surface area contributed by atoms with Gasteiger partial charge in [-0.25, -0.2) is 4.79 Å². The van der Waals surface area contributed by atoms with E-state index in [1.54, 1.807) is 0 Å². The van der Waals surface area contributed by atoms with Crippen LogP contribution in [-0.2, 0) is 27.3 Å². The van der Waals surface area contributed by atoms with Gasteiger partial charge in [0.1, 0.15) is 12.6 Å². The van der Waals surface area contributed by atoms with Gasteiger partial charge in [0.05, 0.1) is 19.3 Å². The second-order valence-corrected chi connectivity index (χ2v) is 10.8. The van der Waals surface area contributed by atoms with Crippen molar-refractivity contribution in [3.8, 4) is 0 Å². The van der Waals surface area contributed by atoms with Crippen LogP contribution in [0.25, 0.3) is 0 Å². The molecule has 41 heavy (non-hydrogen) atoms. The predicted octanol–water partition coefficient (Wildman–Crippen LogP) is 5.00. The first-order chi connectivity index (χ1) is 20.0. The molecule has 4 rings (SSSR count). The minimum absolute atomic E-state index is 0.146. The maximum absolute atomic E-state index is 13.5. The summed E-state index contributed by atoms with van der Waals surface area (Å²) in [5.41, 5.74) is 4.17. The van der Waals surface area contributed by atoms with Gasteiger partial charge in [0, 0.05) is 31.0 Å². The SMILES string of the molecule is CC(C)C[C@H](NC(=O)OCc1ccccc1)C(=O)N[C@H](CNc1ccc(N2CCOCC2)cc1)Cc1ccccc1. The largest absolute Gasteiger partial charge is 0.445 e. The lowest BCUT2D eigenvalue weighted by atomic mass is 10.0. The van der Waals surface area contributed by atoms with Crippen molar-refractivity contribution in [1.82, 2.24) is 10.6 Å². The lowest BCUT2D eigenvalue weighted by Gasteiger charge is -2.29. The summed E-state index contributed by atoms with van der Waals surface area (Å²) in [4.78, 5) is 28.4. The average Bonchev–Trinajstić information content (AvgIpc) is 3.00. The Labute approximate surface area is 243 Å². The Morgan fingerprint density at radius 1 is 0.854 bits per heavy atom. The predicted molar refractivity (Wildman–Crippen MR) is 163 cm³/mol. The summed E-state index contributed by atoms with van der Waals surface area (Å²) < 4.78 is 10.9. The van der Waals surface area contributed by atoms with Gasteiger partial charge >= 0.3 is 6.09 Å². The number of carbonyl (C=O) groups is 2. The third kappa shape index (κ3) is 10.1. The summed E-state index contributed by atoms with van der Waals surface area (Å²) in [6, 6.07) is 27.0. The molecule has 1 aliphatic heterocycles. The van der Waals surface area contributed by atoms with Crippen LogP contribution in [0.5, 0.6) is 0 Å². The number of anilines is 2.